The summed E-state index contributed by atoms with van der Waals surface area (Å²) in [7, 11) is 4.10. The molecule has 2 unspecified atom stereocenters. The molecule has 312 valence electrons. The number of hydrogen-bond donors (Lipinski definition) is 4. The molecular formula is C43H58N8O7. The SMILES string of the molecule is CCCN(Cc1ncc(-c2ccc(-c3cc4cc(-c5cnc(C6CCCN6C(=O)C(NC(=O)OC)C(C)C)[nH]5)ccc4o3)cc2)[nH]1)C(=O)CC(C)C.CN.COC=O. The third-order valence-corrected chi connectivity index (χ3v) is 9.64. The van der Waals surface area contributed by atoms with E-state index in [0.717, 1.165) is 75.7 Å². The van der Waals surface area contributed by atoms with E-state index in [1.165, 1.54) is 21.3 Å². The number of carbonyl (C=O) groups excluding carboxylic acids is 4. The van der Waals surface area contributed by atoms with Crippen molar-refractivity contribution >= 4 is 35.3 Å². The number of furan rings is 1. The summed E-state index contributed by atoms with van der Waals surface area (Å²) in [5.74, 6) is 2.47. The molecule has 3 amide bonds. The van der Waals surface area contributed by atoms with Crippen molar-refractivity contribution < 1.29 is 33.1 Å². The van der Waals surface area contributed by atoms with E-state index in [9.17, 15) is 14.4 Å². The minimum Gasteiger partial charge on any atom is -0.471 e. The lowest BCUT2D eigenvalue weighted by molar-refractivity contribution is -0.135. The van der Waals surface area contributed by atoms with E-state index < -0.39 is 12.1 Å². The number of hydrogen-bond acceptors (Lipinski definition) is 10. The van der Waals surface area contributed by atoms with Crippen molar-refractivity contribution in [3.05, 3.63) is 72.6 Å². The van der Waals surface area contributed by atoms with Gasteiger partial charge in [-0.1, -0.05) is 58.9 Å². The van der Waals surface area contributed by atoms with Crippen LogP contribution in [0, 0.1) is 11.8 Å². The van der Waals surface area contributed by atoms with Crippen molar-refractivity contribution in [2.75, 3.05) is 34.4 Å². The van der Waals surface area contributed by atoms with Gasteiger partial charge >= 0.3 is 6.09 Å². The highest BCUT2D eigenvalue weighted by molar-refractivity contribution is 5.88. The lowest BCUT2D eigenvalue weighted by atomic mass is 10.0. The quantitative estimate of drug-likeness (QED) is 0.0842. The minimum atomic E-state index is -0.686. The van der Waals surface area contributed by atoms with Gasteiger partial charge in [-0.05, 0) is 68.0 Å². The lowest BCUT2D eigenvalue weighted by Gasteiger charge is -2.30. The molecule has 2 atom stereocenters. The molecule has 0 saturated carbocycles. The number of fused-ring (bicyclic) bond motifs is 1. The molecule has 4 heterocycles. The molecule has 0 radical (unpaired) electrons. The predicted octanol–water partition coefficient (Wildman–Crippen LogP) is 7.07. The predicted molar refractivity (Wildman–Crippen MR) is 223 cm³/mol. The second kappa shape index (κ2) is 21.5. The topological polar surface area (TPSA) is 202 Å². The Morgan fingerprint density at radius 2 is 1.64 bits per heavy atom. The first kappa shape index (κ1) is 44.8. The Kier molecular flexibility index (Phi) is 16.6. The molecule has 0 spiro atoms. The minimum absolute atomic E-state index is 0.103. The molecule has 0 bridgehead atoms. The van der Waals surface area contributed by atoms with Gasteiger partial charge in [0.1, 0.15) is 29.0 Å². The lowest BCUT2D eigenvalue weighted by Crippen LogP contribution is -2.51. The second-order valence-corrected chi connectivity index (χ2v) is 14.7. The van der Waals surface area contributed by atoms with Gasteiger partial charge < -0.3 is 44.7 Å². The number of aromatic amines is 2. The largest absolute Gasteiger partial charge is 0.471 e. The van der Waals surface area contributed by atoms with Gasteiger partial charge in [0, 0.05) is 36.0 Å². The van der Waals surface area contributed by atoms with E-state index in [4.69, 9.17) is 13.9 Å². The molecule has 1 aliphatic heterocycles. The molecule has 5 aromatic rings. The third-order valence-electron chi connectivity index (χ3n) is 9.64. The summed E-state index contributed by atoms with van der Waals surface area (Å²) >= 11 is 0. The van der Waals surface area contributed by atoms with Crippen molar-refractivity contribution in [2.24, 2.45) is 17.6 Å². The van der Waals surface area contributed by atoms with Crippen molar-refractivity contribution in [1.82, 2.24) is 35.1 Å². The van der Waals surface area contributed by atoms with E-state index in [1.807, 2.05) is 72.3 Å². The molecular weight excluding hydrogens is 741 g/mol. The first-order valence-electron chi connectivity index (χ1n) is 19.7. The maximum absolute atomic E-state index is 13.5. The zero-order valence-electron chi connectivity index (χ0n) is 34.8. The van der Waals surface area contributed by atoms with Crippen LogP contribution in [0.3, 0.4) is 0 Å². The summed E-state index contributed by atoms with van der Waals surface area (Å²) in [4.78, 5) is 67.0. The number of nitrogens with one attached hydrogen (secondary N) is 3. The van der Waals surface area contributed by atoms with Crippen LogP contribution >= 0.6 is 0 Å². The number of ether oxygens (including phenoxy) is 2. The maximum Gasteiger partial charge on any atom is 0.407 e. The average molecular weight is 799 g/mol. The Hall–Kier alpha value is -5.96. The van der Waals surface area contributed by atoms with Crippen LogP contribution in [0.5, 0.6) is 0 Å². The standard InChI is InChI=1S/C40H49N7O5.C2H4O2.CH5N/c1-7-16-46(36(48)18-24(2)3)23-35-41-21-30(43-35)26-10-12-27(13-11-26)34-20-29-19-28(14-15-33(29)52-34)31-22-42-38(44-31)32-9-8-17-47(32)39(49)37(25(4)5)45-40(50)51-6;1-4-2-3;1-2/h10-15,19-22,24-25,32,37H,7-9,16-18,23H2,1-6H3,(H,41,43)(H,42,44)(H,45,50);2H,1H3;2H2,1H3. The fourth-order valence-corrected chi connectivity index (χ4v) is 6.82. The highest BCUT2D eigenvalue weighted by Crippen LogP contribution is 2.35. The molecule has 2 aromatic carbocycles. The van der Waals surface area contributed by atoms with Crippen LogP contribution in [-0.4, -0.2) is 94.5 Å². The van der Waals surface area contributed by atoms with Gasteiger partial charge in [-0.3, -0.25) is 14.4 Å². The Labute approximate surface area is 340 Å². The van der Waals surface area contributed by atoms with Gasteiger partial charge in [0.15, 0.2) is 0 Å². The number of likely N-dealkylation sites (tertiary alicyclic amines) is 1. The summed E-state index contributed by atoms with van der Waals surface area (Å²) in [5, 5.41) is 3.66. The highest BCUT2D eigenvalue weighted by Gasteiger charge is 2.37. The van der Waals surface area contributed by atoms with Gasteiger partial charge in [0.25, 0.3) is 6.47 Å². The summed E-state index contributed by atoms with van der Waals surface area (Å²) < 4.78 is 14.9. The van der Waals surface area contributed by atoms with Crippen LogP contribution in [0.15, 0.2) is 65.3 Å². The Bertz CT molecular complexity index is 2080. The summed E-state index contributed by atoms with van der Waals surface area (Å²) in [6.45, 7) is 12.1. The van der Waals surface area contributed by atoms with Gasteiger partial charge in [-0.2, -0.15) is 0 Å². The smallest absolute Gasteiger partial charge is 0.407 e. The van der Waals surface area contributed by atoms with Crippen LogP contribution in [0.2, 0.25) is 0 Å². The fourth-order valence-electron chi connectivity index (χ4n) is 6.82. The van der Waals surface area contributed by atoms with E-state index in [2.05, 4.69) is 62.6 Å². The second-order valence-electron chi connectivity index (χ2n) is 14.7. The molecule has 5 N–H and O–H groups in total. The van der Waals surface area contributed by atoms with Crippen LogP contribution in [0.4, 0.5) is 4.79 Å². The van der Waals surface area contributed by atoms with Crippen molar-refractivity contribution in [1.29, 1.82) is 0 Å². The molecule has 6 rings (SSSR count). The molecule has 0 aliphatic carbocycles. The fraction of sp³-hybridized carbons (Fsp3) is 0.442. The molecule has 15 heteroatoms. The molecule has 3 aromatic heterocycles. The summed E-state index contributed by atoms with van der Waals surface area (Å²) in [6, 6.07) is 15.3. The first-order valence-corrected chi connectivity index (χ1v) is 19.7. The molecule has 1 saturated heterocycles. The van der Waals surface area contributed by atoms with Gasteiger partial charge in [0.05, 0.1) is 50.6 Å². The number of alkyl carbamates (subject to hydrolysis) is 1. The third kappa shape index (κ3) is 11.3. The Balaban J connectivity index is 0.00000117. The molecule has 1 fully saturated rings. The Morgan fingerprint density at radius 1 is 0.983 bits per heavy atom. The van der Waals surface area contributed by atoms with Crippen molar-refractivity contribution in [2.45, 2.75) is 78.9 Å². The van der Waals surface area contributed by atoms with E-state index in [0.29, 0.717) is 38.4 Å². The number of carbonyl (C=O) groups is 4. The number of imidazole rings is 2. The van der Waals surface area contributed by atoms with Gasteiger partial charge in [0.2, 0.25) is 11.8 Å². The van der Waals surface area contributed by atoms with Crippen molar-refractivity contribution in [3.8, 4) is 33.8 Å². The number of amides is 3. The van der Waals surface area contributed by atoms with Crippen LogP contribution in [0.1, 0.15) is 78.0 Å². The van der Waals surface area contributed by atoms with Crippen LogP contribution in [-0.2, 0) is 30.4 Å². The van der Waals surface area contributed by atoms with E-state index in [-0.39, 0.29) is 23.8 Å². The molecule has 58 heavy (non-hydrogen) atoms. The number of nitrogens with two attached hydrogens (primary N) is 1. The number of aromatic nitrogens is 4. The zero-order valence-corrected chi connectivity index (χ0v) is 34.8. The van der Waals surface area contributed by atoms with Gasteiger partial charge in [-0.15, -0.1) is 0 Å². The van der Waals surface area contributed by atoms with Crippen molar-refractivity contribution in [3.63, 3.8) is 0 Å². The number of methoxy groups -OCH3 is 2. The van der Waals surface area contributed by atoms with Crippen LogP contribution in [0.25, 0.3) is 44.8 Å². The summed E-state index contributed by atoms with van der Waals surface area (Å²) in [6.07, 6.45) is 6.05. The molecule has 1 aliphatic rings. The normalized spacial score (nSPS) is 14.0. The average Bonchev–Trinajstić information content (AvgIpc) is 4.06. The highest BCUT2D eigenvalue weighted by atomic mass is 16.5. The number of benzene rings is 2. The Morgan fingerprint density at radius 3 is 2.28 bits per heavy atom. The van der Waals surface area contributed by atoms with E-state index >= 15 is 0 Å². The zero-order chi connectivity index (χ0) is 42.4. The van der Waals surface area contributed by atoms with E-state index in [1.54, 1.807) is 6.20 Å². The number of rotatable bonds is 14. The molecule has 15 nitrogen and oxygen atoms in total. The maximum atomic E-state index is 13.5. The summed E-state index contributed by atoms with van der Waals surface area (Å²) in [5.41, 5.74) is 9.91. The number of nitrogens with zero attached hydrogens (tertiary/aromatic N) is 4. The monoisotopic (exact) mass is 798 g/mol. The number of H-pyrrole nitrogens is 2. The van der Waals surface area contributed by atoms with Crippen LogP contribution < -0.4 is 11.1 Å². The first-order chi connectivity index (χ1) is 28.0. The van der Waals surface area contributed by atoms with Gasteiger partial charge in [-0.25, -0.2) is 14.8 Å².